The van der Waals surface area contributed by atoms with E-state index in [0.29, 0.717) is 0 Å². The molecule has 0 fully saturated rings. The molecule has 1 aliphatic carbocycles. The Morgan fingerprint density at radius 3 is 1.77 bits per heavy atom. The molecule has 3 aromatic rings. The number of benzene rings is 3. The molecule has 0 radical (unpaired) electrons. The van der Waals surface area contributed by atoms with Crippen LogP contribution in [0.5, 0.6) is 0 Å². The van der Waals surface area contributed by atoms with Crippen molar-refractivity contribution in [1.29, 1.82) is 0 Å². The average Bonchev–Trinajstić information content (AvgIpc) is 3.02. The van der Waals surface area contributed by atoms with Gasteiger partial charge in [-0.3, -0.25) is 0 Å². The second-order valence-corrected chi connectivity index (χ2v) is 7.87. The Morgan fingerprint density at radius 1 is 0.615 bits per heavy atom. The van der Waals surface area contributed by atoms with Crippen molar-refractivity contribution in [2.45, 2.75) is 20.8 Å². The summed E-state index contributed by atoms with van der Waals surface area (Å²) in [7, 11) is 0. The lowest BCUT2D eigenvalue weighted by Gasteiger charge is -2.26. The zero-order valence-corrected chi connectivity index (χ0v) is 15.7. The molecule has 1 aliphatic rings. The van der Waals surface area contributed by atoms with Crippen molar-refractivity contribution in [1.82, 2.24) is 0 Å². The first-order valence-corrected chi connectivity index (χ1v) is 9.23. The fourth-order valence-corrected chi connectivity index (χ4v) is 3.91. The first-order valence-electron chi connectivity index (χ1n) is 9.23. The summed E-state index contributed by atoms with van der Waals surface area (Å²) in [5.74, 6) is 0. The van der Waals surface area contributed by atoms with Gasteiger partial charge < -0.3 is 0 Å². The minimum absolute atomic E-state index is 0.0481. The molecule has 0 bridgehead atoms. The largest absolute Gasteiger partial charge is 0.0622 e. The third-order valence-corrected chi connectivity index (χ3v) is 4.96. The number of allylic oxidation sites excluding steroid dienone is 3. The number of rotatable bonds is 2. The van der Waals surface area contributed by atoms with Crippen LogP contribution >= 0.6 is 0 Å². The summed E-state index contributed by atoms with van der Waals surface area (Å²) in [6, 6.07) is 30.3. The molecule has 26 heavy (non-hydrogen) atoms. The van der Waals surface area contributed by atoms with Gasteiger partial charge in [-0.05, 0) is 50.5 Å². The predicted molar refractivity (Wildman–Crippen MR) is 113 cm³/mol. The van der Waals surface area contributed by atoms with E-state index >= 15 is 0 Å². The lowest BCUT2D eigenvalue weighted by Crippen LogP contribution is -2.10. The van der Waals surface area contributed by atoms with Gasteiger partial charge in [0.25, 0.3) is 0 Å². The van der Waals surface area contributed by atoms with Gasteiger partial charge >= 0.3 is 0 Å². The number of hydrogen-bond acceptors (Lipinski definition) is 0. The molecule has 0 saturated carbocycles. The average molecular weight is 336 g/mol. The molecule has 3 aromatic carbocycles. The third kappa shape index (κ3) is 2.93. The Morgan fingerprint density at radius 2 is 1.15 bits per heavy atom. The minimum atomic E-state index is 0.0481. The summed E-state index contributed by atoms with van der Waals surface area (Å²) in [6.07, 6.45) is 2.38. The molecule has 0 aliphatic heterocycles. The van der Waals surface area contributed by atoms with E-state index in [9.17, 15) is 0 Å². The highest BCUT2D eigenvalue weighted by Crippen LogP contribution is 2.47. The minimum Gasteiger partial charge on any atom is -0.0622 e. The van der Waals surface area contributed by atoms with Crippen LogP contribution in [-0.4, -0.2) is 0 Å². The lowest BCUT2D eigenvalue weighted by atomic mass is 9.78. The van der Waals surface area contributed by atoms with Gasteiger partial charge in [-0.2, -0.15) is 0 Å². The van der Waals surface area contributed by atoms with E-state index in [-0.39, 0.29) is 5.41 Å². The Balaban J connectivity index is 2.03. The zero-order chi connectivity index (χ0) is 18.1. The molecular weight excluding hydrogens is 312 g/mol. The quantitative estimate of drug-likeness (QED) is 0.468. The maximum absolute atomic E-state index is 2.38. The van der Waals surface area contributed by atoms with E-state index in [0.717, 1.165) is 0 Å². The summed E-state index contributed by atoms with van der Waals surface area (Å²) in [6.45, 7) is 6.91. The lowest BCUT2D eigenvalue weighted by molar-refractivity contribution is 0.568. The number of hydrogen-bond donors (Lipinski definition) is 0. The van der Waals surface area contributed by atoms with E-state index in [1.54, 1.807) is 0 Å². The molecule has 0 heteroatoms. The highest BCUT2D eigenvalue weighted by Gasteiger charge is 2.28. The molecule has 0 atom stereocenters. The molecule has 0 saturated heterocycles. The van der Waals surface area contributed by atoms with E-state index in [1.165, 1.54) is 39.0 Å². The van der Waals surface area contributed by atoms with Crippen LogP contribution in [-0.2, 0) is 0 Å². The molecule has 128 valence electrons. The molecule has 4 rings (SSSR count). The van der Waals surface area contributed by atoms with Gasteiger partial charge in [-0.25, -0.2) is 0 Å². The Hall–Kier alpha value is -2.86. The Bertz CT molecular complexity index is 981. The molecule has 0 unspecified atom stereocenters. The van der Waals surface area contributed by atoms with Gasteiger partial charge in [-0.1, -0.05) is 106 Å². The molecule has 0 aromatic heterocycles. The van der Waals surface area contributed by atoms with Crippen LogP contribution in [0.25, 0.3) is 16.7 Å². The van der Waals surface area contributed by atoms with Crippen LogP contribution in [0, 0.1) is 5.41 Å². The van der Waals surface area contributed by atoms with E-state index in [4.69, 9.17) is 0 Å². The third-order valence-electron chi connectivity index (χ3n) is 4.96. The second-order valence-electron chi connectivity index (χ2n) is 7.87. The topological polar surface area (TPSA) is 0 Å². The van der Waals surface area contributed by atoms with Gasteiger partial charge in [0.05, 0.1) is 0 Å². The van der Waals surface area contributed by atoms with Crippen molar-refractivity contribution in [2.24, 2.45) is 5.41 Å². The summed E-state index contributed by atoms with van der Waals surface area (Å²) < 4.78 is 0. The van der Waals surface area contributed by atoms with Gasteiger partial charge in [0.2, 0.25) is 0 Å². The van der Waals surface area contributed by atoms with Gasteiger partial charge in [0.1, 0.15) is 0 Å². The van der Waals surface area contributed by atoms with E-state index in [2.05, 4.69) is 112 Å². The predicted octanol–water partition coefficient (Wildman–Crippen LogP) is 7.09. The second kappa shape index (κ2) is 6.46. The van der Waals surface area contributed by atoms with Crippen molar-refractivity contribution in [2.75, 3.05) is 0 Å². The Kier molecular flexibility index (Phi) is 4.12. The molecule has 0 N–H and O–H groups in total. The number of fused-ring (bicyclic) bond motifs is 1. The molecular formula is C26H24. The first kappa shape index (κ1) is 16.6. The summed E-state index contributed by atoms with van der Waals surface area (Å²) >= 11 is 0. The van der Waals surface area contributed by atoms with Crippen LogP contribution < -0.4 is 0 Å². The van der Waals surface area contributed by atoms with E-state index < -0.39 is 0 Å². The summed E-state index contributed by atoms with van der Waals surface area (Å²) in [4.78, 5) is 0. The monoisotopic (exact) mass is 336 g/mol. The summed E-state index contributed by atoms with van der Waals surface area (Å²) in [5.41, 5.74) is 9.34. The fraction of sp³-hybridized carbons (Fsp3) is 0.154. The van der Waals surface area contributed by atoms with E-state index in [1.807, 2.05) is 0 Å². The highest BCUT2D eigenvalue weighted by atomic mass is 14.3. The normalized spacial score (nSPS) is 15.4. The van der Waals surface area contributed by atoms with Crippen molar-refractivity contribution in [3.05, 3.63) is 113 Å². The van der Waals surface area contributed by atoms with Crippen LogP contribution in [0.4, 0.5) is 0 Å². The fourth-order valence-electron chi connectivity index (χ4n) is 3.91. The maximum Gasteiger partial charge on any atom is -0.00989 e. The van der Waals surface area contributed by atoms with Crippen LogP contribution in [0.3, 0.4) is 0 Å². The van der Waals surface area contributed by atoms with Crippen LogP contribution in [0.1, 0.15) is 43.0 Å². The first-order chi connectivity index (χ1) is 12.6. The van der Waals surface area contributed by atoms with Crippen LogP contribution in [0.2, 0.25) is 0 Å². The van der Waals surface area contributed by atoms with Crippen LogP contribution in [0.15, 0.2) is 91.0 Å². The molecule has 0 heterocycles. The molecule has 0 nitrogen and oxygen atoms in total. The molecule has 0 spiro atoms. The smallest absolute Gasteiger partial charge is 0.00989 e. The molecule has 0 amide bonds. The van der Waals surface area contributed by atoms with Gasteiger partial charge in [-0.15, -0.1) is 0 Å². The maximum atomic E-state index is 2.38. The standard InChI is InChI=1S/C26H24/c1-26(2,3)25(20-14-8-5-9-15-20)24-18-23(19-12-6-4-7-13-19)21-16-10-11-17-22(21)24/h4-18H,1-3H3/b25-24+. The van der Waals surface area contributed by atoms with Gasteiger partial charge in [0.15, 0.2) is 0 Å². The van der Waals surface area contributed by atoms with Gasteiger partial charge in [0, 0.05) is 0 Å². The highest BCUT2D eigenvalue weighted by molar-refractivity contribution is 6.09. The van der Waals surface area contributed by atoms with Crippen molar-refractivity contribution in [3.8, 4) is 0 Å². The van der Waals surface area contributed by atoms with Crippen molar-refractivity contribution >= 4 is 16.7 Å². The zero-order valence-electron chi connectivity index (χ0n) is 15.7. The summed E-state index contributed by atoms with van der Waals surface area (Å²) in [5, 5.41) is 0. The SMILES string of the molecule is CC(C)(C)/C(=C1\C=C(c2ccccc2)c2ccccc21)c1ccccc1. The van der Waals surface area contributed by atoms with Crippen molar-refractivity contribution < 1.29 is 0 Å². The Labute approximate surface area is 156 Å². The van der Waals surface area contributed by atoms with Crippen molar-refractivity contribution in [3.63, 3.8) is 0 Å².